The normalized spacial score (nSPS) is 16.0. The lowest BCUT2D eigenvalue weighted by Gasteiger charge is -2.18. The fourth-order valence-corrected chi connectivity index (χ4v) is 5.21. The highest BCUT2D eigenvalue weighted by Gasteiger charge is 2.23. The average molecular weight is 483 g/mol. The first-order valence-corrected chi connectivity index (χ1v) is 12.6. The number of ether oxygens (including phenoxy) is 1. The number of benzene rings is 2. The Balaban J connectivity index is 1.32. The number of nitrogens with zero attached hydrogens (tertiary/aromatic N) is 2. The molecule has 180 valence electrons. The third-order valence-electron chi connectivity index (χ3n) is 6.33. The van der Waals surface area contributed by atoms with Crippen molar-refractivity contribution in [3.05, 3.63) is 54.0 Å². The minimum absolute atomic E-state index is 0.256. The van der Waals surface area contributed by atoms with Crippen molar-refractivity contribution < 1.29 is 13.9 Å². The fraction of sp³-hybridized carbons (Fsp3) is 0.385. The molecular weight excluding hydrogens is 451 g/mol. The molecule has 1 aromatic heterocycles. The van der Waals surface area contributed by atoms with Crippen molar-refractivity contribution in [2.45, 2.75) is 17.7 Å². The fourth-order valence-electron chi connectivity index (χ4n) is 4.48. The van der Waals surface area contributed by atoms with Crippen molar-refractivity contribution in [3.8, 4) is 5.75 Å². The van der Waals surface area contributed by atoms with Crippen LogP contribution in [0.2, 0.25) is 0 Å². The zero-order valence-corrected chi connectivity index (χ0v) is 20.5. The van der Waals surface area contributed by atoms with E-state index in [1.54, 1.807) is 7.11 Å². The third-order valence-corrected chi connectivity index (χ3v) is 7.30. The lowest BCUT2D eigenvalue weighted by atomic mass is 10.0. The molecule has 1 fully saturated rings. The number of carbonyl (C=O) groups is 1. The Morgan fingerprint density at radius 2 is 2.18 bits per heavy atom. The van der Waals surface area contributed by atoms with Gasteiger partial charge in [-0.3, -0.25) is 4.98 Å². The van der Waals surface area contributed by atoms with E-state index in [0.717, 1.165) is 66.1 Å². The van der Waals surface area contributed by atoms with E-state index in [2.05, 4.69) is 32.7 Å². The Labute approximate surface area is 204 Å². The van der Waals surface area contributed by atoms with Gasteiger partial charge in [0.05, 0.1) is 24.6 Å². The van der Waals surface area contributed by atoms with Crippen LogP contribution < -0.4 is 15.4 Å². The molecule has 1 aliphatic heterocycles. The van der Waals surface area contributed by atoms with Gasteiger partial charge in [-0.25, -0.2) is 4.39 Å². The highest BCUT2D eigenvalue weighted by atomic mass is 32.2. The Morgan fingerprint density at radius 3 is 2.97 bits per heavy atom. The summed E-state index contributed by atoms with van der Waals surface area (Å²) in [6.45, 7) is 3.72. The lowest BCUT2D eigenvalue weighted by molar-refractivity contribution is -0.105. The lowest BCUT2D eigenvalue weighted by Crippen LogP contribution is -2.25. The second kappa shape index (κ2) is 11.5. The summed E-state index contributed by atoms with van der Waals surface area (Å²) in [6.07, 6.45) is 4.00. The number of fused-ring (bicyclic) bond motifs is 1. The van der Waals surface area contributed by atoms with Gasteiger partial charge in [0, 0.05) is 53.9 Å². The Kier molecular flexibility index (Phi) is 8.24. The number of rotatable bonds is 11. The predicted molar refractivity (Wildman–Crippen MR) is 138 cm³/mol. The third kappa shape index (κ3) is 5.80. The Hall–Kier alpha value is -2.84. The molecule has 0 saturated carbocycles. The first-order valence-electron chi connectivity index (χ1n) is 11.6. The van der Waals surface area contributed by atoms with E-state index in [1.165, 1.54) is 18.0 Å². The van der Waals surface area contributed by atoms with E-state index in [9.17, 15) is 9.18 Å². The van der Waals surface area contributed by atoms with Gasteiger partial charge < -0.3 is 25.1 Å². The largest absolute Gasteiger partial charge is 0.497 e. The van der Waals surface area contributed by atoms with Crippen molar-refractivity contribution >= 4 is 40.3 Å². The molecule has 4 rings (SSSR count). The summed E-state index contributed by atoms with van der Waals surface area (Å²) in [7, 11) is 3.51. The van der Waals surface area contributed by atoms with E-state index >= 15 is 0 Å². The number of pyridine rings is 1. The summed E-state index contributed by atoms with van der Waals surface area (Å²) in [6, 6.07) is 11.8. The molecule has 34 heavy (non-hydrogen) atoms. The summed E-state index contributed by atoms with van der Waals surface area (Å²) in [5, 5.41) is 7.59. The zero-order chi connectivity index (χ0) is 23.9. The maximum atomic E-state index is 14.6. The highest BCUT2D eigenvalue weighted by Crippen LogP contribution is 2.30. The number of carbonyl (C=O) groups excluding carboxylic acids is 1. The summed E-state index contributed by atoms with van der Waals surface area (Å²) >= 11 is 1.53. The van der Waals surface area contributed by atoms with Gasteiger partial charge in [0.2, 0.25) is 0 Å². The monoisotopic (exact) mass is 482 g/mol. The minimum atomic E-state index is -0.256. The highest BCUT2D eigenvalue weighted by molar-refractivity contribution is 8.00. The topological polar surface area (TPSA) is 66.5 Å². The van der Waals surface area contributed by atoms with Crippen LogP contribution in [0.15, 0.2) is 47.5 Å². The number of methoxy groups -OCH3 is 1. The van der Waals surface area contributed by atoms with Crippen molar-refractivity contribution in [1.29, 1.82) is 0 Å². The predicted octanol–water partition coefficient (Wildman–Crippen LogP) is 4.69. The molecule has 0 spiro atoms. The number of thioether (sulfide) groups is 1. The van der Waals surface area contributed by atoms with Gasteiger partial charge in [-0.2, -0.15) is 0 Å². The molecule has 1 unspecified atom stereocenters. The van der Waals surface area contributed by atoms with Gasteiger partial charge in [0.25, 0.3) is 0 Å². The van der Waals surface area contributed by atoms with E-state index in [4.69, 9.17) is 4.74 Å². The first-order chi connectivity index (χ1) is 16.6. The van der Waals surface area contributed by atoms with Crippen LogP contribution in [0, 0.1) is 11.7 Å². The second-order valence-electron chi connectivity index (χ2n) is 8.49. The molecule has 0 amide bonds. The molecule has 1 aliphatic rings. The number of hydrogen-bond donors (Lipinski definition) is 2. The zero-order valence-electron chi connectivity index (χ0n) is 19.6. The van der Waals surface area contributed by atoms with E-state index < -0.39 is 0 Å². The van der Waals surface area contributed by atoms with Crippen LogP contribution in [0.4, 0.5) is 15.8 Å². The number of anilines is 2. The van der Waals surface area contributed by atoms with Crippen molar-refractivity contribution in [2.24, 2.45) is 5.92 Å². The average Bonchev–Trinajstić information content (AvgIpc) is 3.33. The van der Waals surface area contributed by atoms with Crippen LogP contribution in [0.1, 0.15) is 12.0 Å². The van der Waals surface area contributed by atoms with Crippen molar-refractivity contribution in [1.82, 2.24) is 9.88 Å². The number of halogens is 1. The van der Waals surface area contributed by atoms with E-state index in [-0.39, 0.29) is 5.82 Å². The van der Waals surface area contributed by atoms with Gasteiger partial charge in [-0.15, -0.1) is 11.8 Å². The van der Waals surface area contributed by atoms with Gasteiger partial charge in [-0.1, -0.05) is 0 Å². The second-order valence-corrected chi connectivity index (χ2v) is 9.55. The van der Waals surface area contributed by atoms with E-state index in [0.29, 0.717) is 29.4 Å². The molecule has 2 aromatic carbocycles. The number of hydrogen-bond acceptors (Lipinski definition) is 7. The number of nitrogens with one attached hydrogen (secondary N) is 2. The quantitative estimate of drug-likeness (QED) is 0.304. The maximum Gasteiger partial charge on any atom is 0.145 e. The maximum absolute atomic E-state index is 14.6. The van der Waals surface area contributed by atoms with Crippen LogP contribution >= 0.6 is 11.8 Å². The van der Waals surface area contributed by atoms with Crippen LogP contribution in [0.25, 0.3) is 10.9 Å². The molecule has 2 N–H and O–H groups in total. The van der Waals surface area contributed by atoms with Crippen molar-refractivity contribution in [3.63, 3.8) is 0 Å². The van der Waals surface area contributed by atoms with Crippen LogP contribution in [0.3, 0.4) is 0 Å². The van der Waals surface area contributed by atoms with E-state index in [1.807, 2.05) is 31.3 Å². The summed E-state index contributed by atoms with van der Waals surface area (Å²) in [5.41, 5.74) is 3.58. The van der Waals surface area contributed by atoms with Crippen molar-refractivity contribution in [2.75, 3.05) is 56.7 Å². The van der Waals surface area contributed by atoms with Crippen LogP contribution in [-0.4, -0.2) is 62.3 Å². The molecule has 0 aliphatic carbocycles. The molecule has 1 atom stereocenters. The Bertz CT molecular complexity index is 1140. The van der Waals surface area contributed by atoms with Gasteiger partial charge in [0.15, 0.2) is 0 Å². The molecule has 1 saturated heterocycles. The summed E-state index contributed by atoms with van der Waals surface area (Å²) in [4.78, 5) is 18.4. The SMILES string of the molecule is CNc1cc(NCC2CCN(CCc3c(F)cnc4ccc(OC)cc34)C2)ccc1SCC=O. The van der Waals surface area contributed by atoms with Gasteiger partial charge >= 0.3 is 0 Å². The number of likely N-dealkylation sites (tertiary alicyclic amines) is 1. The summed E-state index contributed by atoms with van der Waals surface area (Å²) < 4.78 is 19.9. The minimum Gasteiger partial charge on any atom is -0.497 e. The number of aromatic nitrogens is 1. The Morgan fingerprint density at radius 1 is 1.29 bits per heavy atom. The smallest absolute Gasteiger partial charge is 0.145 e. The molecule has 0 radical (unpaired) electrons. The molecule has 3 aromatic rings. The molecule has 0 bridgehead atoms. The standard InChI is InChI=1S/C26H31FN4O2S/c1-28-25-13-19(3-6-26(25)34-12-11-32)29-15-18-7-9-31(17-18)10-8-21-22-14-20(33-2)4-5-24(22)30-16-23(21)27/h3-6,11,13-14,16,18,28-29H,7-10,12,15,17H2,1-2H3. The van der Waals surface area contributed by atoms with Crippen LogP contribution in [-0.2, 0) is 11.2 Å². The molecule has 6 nitrogen and oxygen atoms in total. The molecular formula is C26H31FN4O2S. The number of aldehydes is 1. The van der Waals surface area contributed by atoms with Gasteiger partial charge in [-0.05, 0) is 61.7 Å². The summed E-state index contributed by atoms with van der Waals surface area (Å²) in [5.74, 6) is 1.45. The van der Waals surface area contributed by atoms with Gasteiger partial charge in [0.1, 0.15) is 17.9 Å². The van der Waals surface area contributed by atoms with Crippen LogP contribution in [0.5, 0.6) is 5.75 Å². The molecule has 8 heteroatoms. The molecule has 2 heterocycles. The first kappa shape index (κ1) is 24.3.